The van der Waals surface area contributed by atoms with Crippen molar-refractivity contribution in [1.29, 1.82) is 0 Å². The molecule has 0 bridgehead atoms. The number of hydrogen-bond donors (Lipinski definition) is 1. The van der Waals surface area contributed by atoms with Gasteiger partial charge < -0.3 is 5.32 Å². The third-order valence-electron chi connectivity index (χ3n) is 4.41. The maximum Gasteiger partial charge on any atom is 0.220 e. The van der Waals surface area contributed by atoms with Crippen molar-refractivity contribution in [2.45, 2.75) is 70.6 Å². The van der Waals surface area contributed by atoms with E-state index in [0.29, 0.717) is 0 Å². The number of allylic oxidation sites excluding steroid dienone is 1. The predicted molar refractivity (Wildman–Crippen MR) is 75.4 cm³/mol. The molecule has 1 amide bonds. The lowest BCUT2D eigenvalue weighted by atomic mass is 9.97. The zero-order valence-electron chi connectivity index (χ0n) is 11.5. The number of amides is 1. The summed E-state index contributed by atoms with van der Waals surface area (Å²) < 4.78 is 0. The molecule has 1 fully saturated rings. The monoisotopic (exact) mass is 249 g/mol. The van der Waals surface area contributed by atoms with E-state index in [4.69, 9.17) is 0 Å². The summed E-state index contributed by atoms with van der Waals surface area (Å²) >= 11 is 0. The molecule has 0 heterocycles. The van der Waals surface area contributed by atoms with E-state index in [1.165, 1.54) is 51.4 Å². The van der Waals surface area contributed by atoms with Crippen LogP contribution in [0, 0.1) is 5.92 Å². The second kappa shape index (κ2) is 7.60. The van der Waals surface area contributed by atoms with Gasteiger partial charge in [0.05, 0.1) is 0 Å². The molecule has 0 spiro atoms. The molecule has 0 unspecified atom stereocenters. The molecule has 0 radical (unpaired) electrons. The lowest BCUT2D eigenvalue weighted by Crippen LogP contribution is -2.25. The SMILES string of the molecule is O=C(CCC1CCCC1)NCCC1=CCCCC1. The molecule has 0 aromatic rings. The van der Waals surface area contributed by atoms with Gasteiger partial charge in [-0.3, -0.25) is 4.79 Å². The maximum absolute atomic E-state index is 11.7. The summed E-state index contributed by atoms with van der Waals surface area (Å²) in [5, 5.41) is 3.07. The summed E-state index contributed by atoms with van der Waals surface area (Å²) in [6, 6.07) is 0. The number of carbonyl (C=O) groups excluding carboxylic acids is 1. The van der Waals surface area contributed by atoms with E-state index in [9.17, 15) is 4.79 Å². The first-order valence-corrected chi connectivity index (χ1v) is 7.79. The Morgan fingerprint density at radius 3 is 2.78 bits per heavy atom. The number of rotatable bonds is 6. The van der Waals surface area contributed by atoms with E-state index in [2.05, 4.69) is 11.4 Å². The Kier molecular flexibility index (Phi) is 5.76. The molecule has 1 N–H and O–H groups in total. The summed E-state index contributed by atoms with van der Waals surface area (Å²) in [6.07, 6.45) is 15.9. The zero-order valence-corrected chi connectivity index (χ0v) is 11.5. The molecule has 0 aromatic heterocycles. The molecular weight excluding hydrogens is 222 g/mol. The zero-order chi connectivity index (χ0) is 12.6. The molecule has 2 rings (SSSR count). The van der Waals surface area contributed by atoms with Gasteiger partial charge in [0.1, 0.15) is 0 Å². The Hall–Kier alpha value is -0.790. The second-order valence-electron chi connectivity index (χ2n) is 5.90. The van der Waals surface area contributed by atoms with Gasteiger partial charge in [-0.25, -0.2) is 0 Å². The predicted octanol–water partition coefficient (Wildman–Crippen LogP) is 3.96. The Morgan fingerprint density at radius 2 is 2.06 bits per heavy atom. The smallest absolute Gasteiger partial charge is 0.220 e. The van der Waals surface area contributed by atoms with Crippen LogP contribution in [0.25, 0.3) is 0 Å². The molecule has 0 atom stereocenters. The van der Waals surface area contributed by atoms with Gasteiger partial charge in [0.25, 0.3) is 0 Å². The van der Waals surface area contributed by atoms with Crippen molar-refractivity contribution in [3.63, 3.8) is 0 Å². The Morgan fingerprint density at radius 1 is 1.22 bits per heavy atom. The van der Waals surface area contributed by atoms with Crippen molar-refractivity contribution in [2.24, 2.45) is 5.92 Å². The molecule has 2 nitrogen and oxygen atoms in total. The minimum atomic E-state index is 0.262. The Balaban J connectivity index is 1.52. The van der Waals surface area contributed by atoms with Crippen LogP contribution in [0.3, 0.4) is 0 Å². The fraction of sp³-hybridized carbons (Fsp3) is 0.812. The minimum Gasteiger partial charge on any atom is -0.356 e. The van der Waals surface area contributed by atoms with Gasteiger partial charge in [0.2, 0.25) is 5.91 Å². The standard InChI is InChI=1S/C16H27NO/c18-16(11-10-14-8-4-5-9-14)17-13-12-15-6-2-1-3-7-15/h6,14H,1-5,7-13H2,(H,17,18). The molecule has 18 heavy (non-hydrogen) atoms. The molecular formula is C16H27NO. The third-order valence-corrected chi connectivity index (χ3v) is 4.41. The Bertz CT molecular complexity index is 289. The summed E-state index contributed by atoms with van der Waals surface area (Å²) in [4.78, 5) is 11.7. The molecule has 0 aliphatic heterocycles. The second-order valence-corrected chi connectivity index (χ2v) is 5.90. The average Bonchev–Trinajstić information content (AvgIpc) is 2.91. The molecule has 2 aliphatic rings. The summed E-state index contributed by atoms with van der Waals surface area (Å²) in [5.74, 6) is 1.09. The summed E-state index contributed by atoms with van der Waals surface area (Å²) in [5.41, 5.74) is 1.55. The van der Waals surface area contributed by atoms with E-state index < -0.39 is 0 Å². The van der Waals surface area contributed by atoms with E-state index in [0.717, 1.165) is 31.7 Å². The van der Waals surface area contributed by atoms with E-state index in [1.54, 1.807) is 5.57 Å². The normalized spacial score (nSPS) is 20.8. The number of hydrogen-bond acceptors (Lipinski definition) is 1. The molecule has 0 saturated heterocycles. The highest BCUT2D eigenvalue weighted by Crippen LogP contribution is 2.28. The first kappa shape index (κ1) is 13.6. The molecule has 1 saturated carbocycles. The maximum atomic E-state index is 11.7. The highest BCUT2D eigenvalue weighted by atomic mass is 16.1. The first-order chi connectivity index (χ1) is 8.84. The summed E-state index contributed by atoms with van der Waals surface area (Å²) in [7, 11) is 0. The van der Waals surface area contributed by atoms with Crippen LogP contribution in [0.15, 0.2) is 11.6 Å². The fourth-order valence-electron chi connectivity index (χ4n) is 3.22. The van der Waals surface area contributed by atoms with Crippen LogP contribution < -0.4 is 5.32 Å². The third kappa shape index (κ3) is 4.83. The number of carbonyl (C=O) groups is 1. The fourth-order valence-corrected chi connectivity index (χ4v) is 3.22. The quantitative estimate of drug-likeness (QED) is 0.709. The van der Waals surface area contributed by atoms with Crippen molar-refractivity contribution >= 4 is 5.91 Å². The summed E-state index contributed by atoms with van der Waals surface area (Å²) in [6.45, 7) is 0.843. The van der Waals surface area contributed by atoms with Gasteiger partial charge in [-0.2, -0.15) is 0 Å². The van der Waals surface area contributed by atoms with Crippen LogP contribution >= 0.6 is 0 Å². The van der Waals surface area contributed by atoms with Gasteiger partial charge in [-0.15, -0.1) is 0 Å². The van der Waals surface area contributed by atoms with E-state index >= 15 is 0 Å². The van der Waals surface area contributed by atoms with Crippen LogP contribution in [0.5, 0.6) is 0 Å². The Labute approximate surface area is 111 Å². The molecule has 2 aliphatic carbocycles. The lowest BCUT2D eigenvalue weighted by molar-refractivity contribution is -0.121. The van der Waals surface area contributed by atoms with Crippen molar-refractivity contribution < 1.29 is 4.79 Å². The molecule has 102 valence electrons. The topological polar surface area (TPSA) is 29.1 Å². The van der Waals surface area contributed by atoms with Crippen LogP contribution in [-0.2, 0) is 4.79 Å². The van der Waals surface area contributed by atoms with Crippen molar-refractivity contribution in [3.8, 4) is 0 Å². The van der Waals surface area contributed by atoms with Crippen LogP contribution in [0.2, 0.25) is 0 Å². The van der Waals surface area contributed by atoms with Crippen molar-refractivity contribution in [3.05, 3.63) is 11.6 Å². The van der Waals surface area contributed by atoms with Crippen LogP contribution in [-0.4, -0.2) is 12.5 Å². The minimum absolute atomic E-state index is 0.262. The van der Waals surface area contributed by atoms with E-state index in [-0.39, 0.29) is 5.91 Å². The largest absolute Gasteiger partial charge is 0.356 e. The lowest BCUT2D eigenvalue weighted by Gasteiger charge is -2.13. The molecule has 0 aromatic carbocycles. The highest BCUT2D eigenvalue weighted by Gasteiger charge is 2.15. The number of nitrogens with one attached hydrogen (secondary N) is 1. The van der Waals surface area contributed by atoms with Gasteiger partial charge in [-0.1, -0.05) is 37.3 Å². The van der Waals surface area contributed by atoms with Gasteiger partial charge in [0.15, 0.2) is 0 Å². The van der Waals surface area contributed by atoms with Crippen LogP contribution in [0.4, 0.5) is 0 Å². The first-order valence-electron chi connectivity index (χ1n) is 7.79. The average molecular weight is 249 g/mol. The molecule has 2 heteroatoms. The van der Waals surface area contributed by atoms with E-state index in [1.807, 2.05) is 0 Å². The van der Waals surface area contributed by atoms with Crippen molar-refractivity contribution in [2.75, 3.05) is 6.54 Å². The van der Waals surface area contributed by atoms with Crippen LogP contribution in [0.1, 0.15) is 70.6 Å². The van der Waals surface area contributed by atoms with Gasteiger partial charge >= 0.3 is 0 Å². The van der Waals surface area contributed by atoms with Gasteiger partial charge in [-0.05, 0) is 44.4 Å². The van der Waals surface area contributed by atoms with Gasteiger partial charge in [0, 0.05) is 13.0 Å². The van der Waals surface area contributed by atoms with Crippen molar-refractivity contribution in [1.82, 2.24) is 5.32 Å². The highest BCUT2D eigenvalue weighted by molar-refractivity contribution is 5.75.